The topological polar surface area (TPSA) is 153 Å². The molecule has 11 nitrogen and oxygen atoms in total. The van der Waals surface area contributed by atoms with Crippen LogP contribution in [-0.2, 0) is 11.2 Å². The fourth-order valence-corrected chi connectivity index (χ4v) is 5.51. The number of non-ortho nitro benzene ring substituents is 1. The lowest BCUT2D eigenvalue weighted by molar-refractivity contribution is -0.384. The summed E-state index contributed by atoms with van der Waals surface area (Å²) in [6, 6.07) is 18.9. The first-order valence-corrected chi connectivity index (χ1v) is 14.2. The molecule has 0 aliphatic carbocycles. The van der Waals surface area contributed by atoms with Crippen molar-refractivity contribution in [2.75, 3.05) is 19.6 Å². The van der Waals surface area contributed by atoms with Crippen molar-refractivity contribution in [1.82, 2.24) is 20.5 Å². The molecule has 2 aliphatic rings. The van der Waals surface area contributed by atoms with Crippen molar-refractivity contribution in [2.45, 2.75) is 25.7 Å². The van der Waals surface area contributed by atoms with Crippen LogP contribution in [0.3, 0.4) is 0 Å². The zero-order valence-electron chi connectivity index (χ0n) is 23.3. The first-order valence-electron chi connectivity index (χ1n) is 14.2. The lowest BCUT2D eigenvalue weighted by atomic mass is 9.98. The second kappa shape index (κ2) is 11.9. The van der Waals surface area contributed by atoms with E-state index in [0.717, 1.165) is 31.6 Å². The summed E-state index contributed by atoms with van der Waals surface area (Å²) in [5.74, 6) is -0.648. The maximum atomic E-state index is 11.9. The molecule has 11 heteroatoms. The van der Waals surface area contributed by atoms with Gasteiger partial charge in [0.1, 0.15) is 5.70 Å². The number of rotatable bonds is 8. The number of nitro benzene ring substituents is 1. The van der Waals surface area contributed by atoms with Gasteiger partial charge >= 0.3 is 6.03 Å². The maximum Gasteiger partial charge on any atom is 0.326 e. The Kier molecular flexibility index (Phi) is 7.71. The third-order valence-electron chi connectivity index (χ3n) is 7.77. The number of H-pyrrole nitrogens is 1. The van der Waals surface area contributed by atoms with Crippen LogP contribution < -0.4 is 10.6 Å². The van der Waals surface area contributed by atoms with E-state index in [9.17, 15) is 24.8 Å². The molecule has 4 N–H and O–H groups in total. The van der Waals surface area contributed by atoms with Gasteiger partial charge in [0.2, 0.25) is 0 Å². The molecule has 1 aromatic heterocycles. The van der Waals surface area contributed by atoms with Crippen molar-refractivity contribution in [2.24, 2.45) is 4.99 Å². The monoisotopic (exact) mass is 578 g/mol. The van der Waals surface area contributed by atoms with Gasteiger partial charge in [-0.3, -0.25) is 20.2 Å². The summed E-state index contributed by atoms with van der Waals surface area (Å²) in [5.41, 5.74) is 4.56. The summed E-state index contributed by atoms with van der Waals surface area (Å²) in [4.78, 5) is 44.7. The van der Waals surface area contributed by atoms with E-state index in [1.807, 2.05) is 12.1 Å². The van der Waals surface area contributed by atoms with Crippen molar-refractivity contribution < 1.29 is 19.6 Å². The summed E-state index contributed by atoms with van der Waals surface area (Å²) in [5, 5.41) is 27.7. The Hall–Kier alpha value is -5.29. The van der Waals surface area contributed by atoms with E-state index in [0.29, 0.717) is 33.4 Å². The highest BCUT2D eigenvalue weighted by molar-refractivity contribution is 6.22. The molecule has 0 unspecified atom stereocenters. The van der Waals surface area contributed by atoms with Gasteiger partial charge in [0.05, 0.1) is 21.9 Å². The molecule has 0 bridgehead atoms. The summed E-state index contributed by atoms with van der Waals surface area (Å²) >= 11 is 0. The van der Waals surface area contributed by atoms with E-state index < -0.39 is 16.9 Å². The predicted octanol–water partition coefficient (Wildman–Crippen LogP) is 5.16. The molecule has 0 atom stereocenters. The van der Waals surface area contributed by atoms with Gasteiger partial charge in [-0.25, -0.2) is 9.79 Å². The highest BCUT2D eigenvalue weighted by Crippen LogP contribution is 2.34. The van der Waals surface area contributed by atoms with E-state index in [4.69, 9.17) is 4.99 Å². The van der Waals surface area contributed by atoms with E-state index in [-0.39, 0.29) is 17.3 Å². The standard InChI is InChI=1S/C32H30N6O5/c39-30-27(35-32(41)36-30)18-21-6-10-23(11-7-21)33-29(28-25-19-24(38(42)43)12-13-26(25)34-31(28)40)22-8-4-20(5-9-22)14-17-37-15-2-1-3-16-37/h4-13,18-19,34,40H,1-3,14-17H2,(H2,35,36,39,41)/b27-18-,33-29?. The number of likely N-dealkylation sites (tertiary alicyclic amines) is 1. The predicted molar refractivity (Wildman–Crippen MR) is 163 cm³/mol. The number of aromatic amines is 1. The van der Waals surface area contributed by atoms with Gasteiger partial charge in [-0.05, 0) is 67.8 Å². The molecule has 3 aromatic carbocycles. The summed E-state index contributed by atoms with van der Waals surface area (Å²) in [6.45, 7) is 3.28. The molecule has 2 fully saturated rings. The number of aromatic nitrogens is 1. The van der Waals surface area contributed by atoms with Gasteiger partial charge in [-0.2, -0.15) is 0 Å². The van der Waals surface area contributed by atoms with Gasteiger partial charge in [0, 0.05) is 35.1 Å². The Morgan fingerprint density at radius 2 is 1.72 bits per heavy atom. The molecule has 0 saturated carbocycles. The highest BCUT2D eigenvalue weighted by Gasteiger charge is 2.23. The second-order valence-electron chi connectivity index (χ2n) is 10.7. The number of hydrogen-bond donors (Lipinski definition) is 4. The number of nitro groups is 1. The van der Waals surface area contributed by atoms with Crippen LogP contribution in [0.5, 0.6) is 5.88 Å². The number of aromatic hydroxyl groups is 1. The van der Waals surface area contributed by atoms with Gasteiger partial charge in [-0.15, -0.1) is 0 Å². The highest BCUT2D eigenvalue weighted by atomic mass is 16.6. The number of piperidine rings is 1. The van der Waals surface area contributed by atoms with Crippen LogP contribution in [-0.4, -0.2) is 57.2 Å². The minimum atomic E-state index is -0.571. The Morgan fingerprint density at radius 1 is 0.977 bits per heavy atom. The van der Waals surface area contributed by atoms with Crippen LogP contribution in [0, 0.1) is 10.1 Å². The summed E-state index contributed by atoms with van der Waals surface area (Å²) in [7, 11) is 0. The Morgan fingerprint density at radius 3 is 2.40 bits per heavy atom. The van der Waals surface area contributed by atoms with E-state index in [1.165, 1.54) is 37.0 Å². The molecule has 0 radical (unpaired) electrons. The number of hydrogen-bond acceptors (Lipinski definition) is 7. The normalized spacial score (nSPS) is 16.9. The molecule has 4 aromatic rings. The third kappa shape index (κ3) is 6.16. The summed E-state index contributed by atoms with van der Waals surface area (Å²) in [6.07, 6.45) is 6.27. The number of benzene rings is 3. The largest absolute Gasteiger partial charge is 0.494 e. The number of urea groups is 1. The Labute approximate surface area is 247 Å². The van der Waals surface area contributed by atoms with Crippen molar-refractivity contribution >= 4 is 46.0 Å². The zero-order chi connectivity index (χ0) is 29.9. The number of aliphatic imine (C=N–C) groups is 1. The zero-order valence-corrected chi connectivity index (χ0v) is 23.3. The smallest absolute Gasteiger partial charge is 0.326 e. The fraction of sp³-hybridized carbons (Fsp3) is 0.219. The average molecular weight is 579 g/mol. The van der Waals surface area contributed by atoms with Gasteiger partial charge < -0.3 is 20.3 Å². The first kappa shape index (κ1) is 27.9. The van der Waals surface area contributed by atoms with Gasteiger partial charge in [0.15, 0.2) is 5.88 Å². The first-order chi connectivity index (χ1) is 20.8. The number of imide groups is 1. The molecule has 43 heavy (non-hydrogen) atoms. The SMILES string of the molecule is O=C1NC(=O)/C(=C/c2ccc(N=C(c3ccc(CCN4CCCCC4)cc3)c3c(O)[nH]c4ccc([N+](=O)[O-])cc34)cc2)N1. The van der Waals surface area contributed by atoms with Gasteiger partial charge in [-0.1, -0.05) is 42.8 Å². The summed E-state index contributed by atoms with van der Waals surface area (Å²) < 4.78 is 0. The Balaban J connectivity index is 1.36. The average Bonchev–Trinajstić information content (AvgIpc) is 3.51. The quantitative estimate of drug-likeness (QED) is 0.0745. The lowest BCUT2D eigenvalue weighted by Gasteiger charge is -2.26. The third-order valence-corrected chi connectivity index (χ3v) is 7.77. The van der Waals surface area contributed by atoms with Crippen LogP contribution in [0.4, 0.5) is 16.2 Å². The molecular weight excluding hydrogens is 548 g/mol. The molecule has 2 saturated heterocycles. The minimum absolute atomic E-state index is 0.0967. The van der Waals surface area contributed by atoms with E-state index in [1.54, 1.807) is 36.4 Å². The lowest BCUT2D eigenvalue weighted by Crippen LogP contribution is -2.31. The van der Waals surface area contributed by atoms with Crippen molar-refractivity contribution in [3.63, 3.8) is 0 Å². The molecule has 3 heterocycles. The van der Waals surface area contributed by atoms with Crippen LogP contribution in [0.1, 0.15) is 41.5 Å². The molecule has 3 amide bonds. The molecule has 6 rings (SSSR count). The van der Waals surface area contributed by atoms with Crippen molar-refractivity contribution in [3.05, 3.63) is 105 Å². The van der Waals surface area contributed by atoms with Crippen LogP contribution >= 0.6 is 0 Å². The number of nitrogens with zero attached hydrogens (tertiary/aromatic N) is 3. The number of carbonyl (C=O) groups is 2. The van der Waals surface area contributed by atoms with Crippen LogP contribution in [0.2, 0.25) is 0 Å². The number of nitrogens with one attached hydrogen (secondary N) is 3. The van der Waals surface area contributed by atoms with Crippen molar-refractivity contribution in [1.29, 1.82) is 0 Å². The van der Waals surface area contributed by atoms with E-state index in [2.05, 4.69) is 32.7 Å². The second-order valence-corrected chi connectivity index (χ2v) is 10.7. The number of amides is 3. The molecule has 0 spiro atoms. The molecular formula is C32H30N6O5. The molecule has 218 valence electrons. The number of carbonyl (C=O) groups excluding carboxylic acids is 2. The minimum Gasteiger partial charge on any atom is -0.494 e. The van der Waals surface area contributed by atoms with Gasteiger partial charge in [0.25, 0.3) is 11.6 Å². The maximum absolute atomic E-state index is 11.9. The fourth-order valence-electron chi connectivity index (χ4n) is 5.51. The number of fused-ring (bicyclic) bond motifs is 1. The van der Waals surface area contributed by atoms with Crippen LogP contribution in [0.15, 0.2) is 77.4 Å². The van der Waals surface area contributed by atoms with Crippen LogP contribution in [0.25, 0.3) is 17.0 Å². The van der Waals surface area contributed by atoms with E-state index >= 15 is 0 Å². The van der Waals surface area contributed by atoms with Crippen molar-refractivity contribution in [3.8, 4) is 5.88 Å². The molecule has 2 aliphatic heterocycles. The Bertz CT molecular complexity index is 1770.